The third kappa shape index (κ3) is 2.53. The van der Waals surface area contributed by atoms with Crippen LogP contribution in [0.3, 0.4) is 0 Å². The monoisotopic (exact) mass is 238 g/mol. The van der Waals surface area contributed by atoms with Crippen molar-refractivity contribution >= 4 is 0 Å². The van der Waals surface area contributed by atoms with Crippen LogP contribution in [-0.4, -0.2) is 47.6 Å². The smallest absolute Gasteiger partial charge is 0.0223 e. The molecule has 0 aromatic rings. The number of piperazine rings is 1. The van der Waals surface area contributed by atoms with Crippen molar-refractivity contribution in [2.75, 3.05) is 26.2 Å². The summed E-state index contributed by atoms with van der Waals surface area (Å²) in [4.78, 5) is 5.56. The van der Waals surface area contributed by atoms with E-state index < -0.39 is 0 Å². The molecule has 0 spiro atoms. The molecular formula is C15H30N2. The highest BCUT2D eigenvalue weighted by atomic mass is 15.3. The van der Waals surface area contributed by atoms with Gasteiger partial charge in [-0.1, -0.05) is 27.2 Å². The van der Waals surface area contributed by atoms with Crippen LogP contribution in [0.25, 0.3) is 0 Å². The Balaban J connectivity index is 2.02. The van der Waals surface area contributed by atoms with Crippen LogP contribution >= 0.6 is 0 Å². The molecule has 0 N–H and O–H groups in total. The number of hydrogen-bond acceptors (Lipinski definition) is 2. The molecule has 2 heterocycles. The second-order valence-electron chi connectivity index (χ2n) is 5.92. The van der Waals surface area contributed by atoms with E-state index in [1.54, 1.807) is 0 Å². The lowest BCUT2D eigenvalue weighted by Gasteiger charge is -2.51. The maximum absolute atomic E-state index is 2.82. The van der Waals surface area contributed by atoms with Gasteiger partial charge in [0, 0.05) is 31.2 Å². The van der Waals surface area contributed by atoms with Crippen molar-refractivity contribution in [2.24, 2.45) is 0 Å². The van der Waals surface area contributed by atoms with Crippen LogP contribution in [0.4, 0.5) is 0 Å². The maximum atomic E-state index is 2.82. The fourth-order valence-electron chi connectivity index (χ4n) is 4.01. The Morgan fingerprint density at radius 2 is 1.65 bits per heavy atom. The van der Waals surface area contributed by atoms with Crippen LogP contribution in [0, 0.1) is 0 Å². The largest absolute Gasteiger partial charge is 0.298 e. The summed E-state index contributed by atoms with van der Waals surface area (Å²) in [5.74, 6) is 0. The van der Waals surface area contributed by atoms with Crippen LogP contribution in [0.5, 0.6) is 0 Å². The molecule has 0 bridgehead atoms. The molecule has 2 fully saturated rings. The van der Waals surface area contributed by atoms with Crippen molar-refractivity contribution < 1.29 is 0 Å². The molecule has 17 heavy (non-hydrogen) atoms. The van der Waals surface area contributed by atoms with Crippen LogP contribution in [0.2, 0.25) is 0 Å². The van der Waals surface area contributed by atoms with E-state index >= 15 is 0 Å². The molecule has 0 radical (unpaired) electrons. The summed E-state index contributed by atoms with van der Waals surface area (Å²) in [6.45, 7) is 12.4. The summed E-state index contributed by atoms with van der Waals surface area (Å²) in [5.41, 5.74) is 0.490. The maximum Gasteiger partial charge on any atom is 0.0223 e. The SMILES string of the molecule is CCC(CC)(CC)N1CCN2CCCCC2C1. The number of piperidine rings is 1. The van der Waals surface area contributed by atoms with Gasteiger partial charge in [0.15, 0.2) is 0 Å². The van der Waals surface area contributed by atoms with Gasteiger partial charge in [0.25, 0.3) is 0 Å². The zero-order chi connectivity index (χ0) is 12.3. The highest BCUT2D eigenvalue weighted by Crippen LogP contribution is 2.32. The van der Waals surface area contributed by atoms with Crippen molar-refractivity contribution in [3.05, 3.63) is 0 Å². The molecule has 2 aliphatic rings. The molecule has 2 rings (SSSR count). The lowest BCUT2D eigenvalue weighted by atomic mass is 9.85. The van der Waals surface area contributed by atoms with Crippen molar-refractivity contribution in [1.82, 2.24) is 9.80 Å². The predicted octanol–water partition coefficient (Wildman–Crippen LogP) is 3.13. The minimum absolute atomic E-state index is 0.490. The van der Waals surface area contributed by atoms with Crippen molar-refractivity contribution in [2.45, 2.75) is 70.9 Å². The van der Waals surface area contributed by atoms with E-state index in [0.717, 1.165) is 6.04 Å². The van der Waals surface area contributed by atoms with Gasteiger partial charge in [-0.05, 0) is 38.6 Å². The average molecular weight is 238 g/mol. The molecule has 0 aromatic carbocycles. The van der Waals surface area contributed by atoms with Crippen LogP contribution in [-0.2, 0) is 0 Å². The fourth-order valence-corrected chi connectivity index (χ4v) is 4.01. The number of nitrogens with zero attached hydrogens (tertiary/aromatic N) is 2. The van der Waals surface area contributed by atoms with Gasteiger partial charge in [0.1, 0.15) is 0 Å². The molecule has 2 saturated heterocycles. The van der Waals surface area contributed by atoms with E-state index in [9.17, 15) is 0 Å². The first-order chi connectivity index (χ1) is 8.25. The number of fused-ring (bicyclic) bond motifs is 1. The van der Waals surface area contributed by atoms with Gasteiger partial charge in [-0.15, -0.1) is 0 Å². The highest BCUT2D eigenvalue weighted by Gasteiger charge is 2.37. The molecule has 0 aromatic heterocycles. The van der Waals surface area contributed by atoms with E-state index in [1.807, 2.05) is 0 Å². The van der Waals surface area contributed by atoms with Crippen molar-refractivity contribution in [3.63, 3.8) is 0 Å². The average Bonchev–Trinajstić information content (AvgIpc) is 2.41. The first kappa shape index (κ1) is 13.4. The Morgan fingerprint density at radius 3 is 2.29 bits per heavy atom. The quantitative estimate of drug-likeness (QED) is 0.742. The molecule has 1 unspecified atom stereocenters. The normalized spacial score (nSPS) is 28.1. The molecule has 100 valence electrons. The zero-order valence-corrected chi connectivity index (χ0v) is 12.0. The zero-order valence-electron chi connectivity index (χ0n) is 12.0. The van der Waals surface area contributed by atoms with Crippen LogP contribution < -0.4 is 0 Å². The van der Waals surface area contributed by atoms with Gasteiger partial charge in [-0.2, -0.15) is 0 Å². The second kappa shape index (κ2) is 5.71. The first-order valence-corrected chi connectivity index (χ1v) is 7.75. The Kier molecular flexibility index (Phi) is 4.48. The molecule has 0 aliphatic carbocycles. The molecule has 2 aliphatic heterocycles. The Bertz CT molecular complexity index is 227. The first-order valence-electron chi connectivity index (χ1n) is 7.75. The van der Waals surface area contributed by atoms with E-state index in [2.05, 4.69) is 30.6 Å². The lowest BCUT2D eigenvalue weighted by Crippen LogP contribution is -2.61. The van der Waals surface area contributed by atoms with Gasteiger partial charge < -0.3 is 0 Å². The molecule has 0 saturated carbocycles. The highest BCUT2D eigenvalue weighted by molar-refractivity contribution is 4.94. The second-order valence-corrected chi connectivity index (χ2v) is 5.92. The van der Waals surface area contributed by atoms with Gasteiger partial charge >= 0.3 is 0 Å². The third-order valence-electron chi connectivity index (χ3n) is 5.48. The van der Waals surface area contributed by atoms with Crippen LogP contribution in [0.1, 0.15) is 59.3 Å². The van der Waals surface area contributed by atoms with Gasteiger partial charge in [0.2, 0.25) is 0 Å². The molecule has 0 amide bonds. The fraction of sp³-hybridized carbons (Fsp3) is 1.00. The predicted molar refractivity (Wildman–Crippen MR) is 74.4 cm³/mol. The molecule has 2 nitrogen and oxygen atoms in total. The minimum Gasteiger partial charge on any atom is -0.298 e. The summed E-state index contributed by atoms with van der Waals surface area (Å²) in [6, 6.07) is 0.863. The summed E-state index contributed by atoms with van der Waals surface area (Å²) < 4.78 is 0. The van der Waals surface area contributed by atoms with E-state index in [-0.39, 0.29) is 0 Å². The van der Waals surface area contributed by atoms with Gasteiger partial charge in [-0.3, -0.25) is 9.80 Å². The molecular weight excluding hydrogens is 208 g/mol. The molecule has 1 atom stereocenters. The lowest BCUT2D eigenvalue weighted by molar-refractivity contribution is -0.0199. The third-order valence-corrected chi connectivity index (χ3v) is 5.48. The van der Waals surface area contributed by atoms with E-state index in [1.165, 1.54) is 64.7 Å². The van der Waals surface area contributed by atoms with E-state index in [0.29, 0.717) is 5.54 Å². The van der Waals surface area contributed by atoms with Crippen LogP contribution in [0.15, 0.2) is 0 Å². The summed E-state index contributed by atoms with van der Waals surface area (Å²) in [7, 11) is 0. The van der Waals surface area contributed by atoms with Gasteiger partial charge in [-0.25, -0.2) is 0 Å². The van der Waals surface area contributed by atoms with E-state index in [4.69, 9.17) is 0 Å². The standard InChI is InChI=1S/C15H30N2/c1-4-15(5-2,6-3)17-12-11-16-10-8-7-9-14(16)13-17/h14H,4-13H2,1-3H3. The summed E-state index contributed by atoms with van der Waals surface area (Å²) in [5, 5.41) is 0. The number of hydrogen-bond donors (Lipinski definition) is 0. The summed E-state index contributed by atoms with van der Waals surface area (Å²) >= 11 is 0. The number of rotatable bonds is 4. The van der Waals surface area contributed by atoms with Crippen molar-refractivity contribution in [1.29, 1.82) is 0 Å². The van der Waals surface area contributed by atoms with Crippen molar-refractivity contribution in [3.8, 4) is 0 Å². The summed E-state index contributed by atoms with van der Waals surface area (Å²) in [6.07, 6.45) is 8.25. The molecule has 2 heteroatoms. The Morgan fingerprint density at radius 1 is 0.941 bits per heavy atom. The Labute approximate surface area is 107 Å². The van der Waals surface area contributed by atoms with Gasteiger partial charge in [0.05, 0.1) is 0 Å². The Hall–Kier alpha value is -0.0800. The minimum atomic E-state index is 0.490. The topological polar surface area (TPSA) is 6.48 Å².